The number of hydrogen-bond donors (Lipinski definition) is 2. The van der Waals surface area contributed by atoms with Crippen LogP contribution in [0.15, 0.2) is 30.3 Å². The van der Waals surface area contributed by atoms with Crippen LogP contribution in [0.4, 0.5) is 0 Å². The van der Waals surface area contributed by atoms with Gasteiger partial charge in [-0.15, -0.1) is 0 Å². The van der Waals surface area contributed by atoms with Crippen LogP contribution in [-0.2, 0) is 6.42 Å². The number of carbonyl (C=O) groups is 1. The van der Waals surface area contributed by atoms with Gasteiger partial charge in [-0.25, -0.2) is 0 Å². The van der Waals surface area contributed by atoms with Gasteiger partial charge in [-0.2, -0.15) is 0 Å². The normalized spacial score (nSPS) is 16.6. The largest absolute Gasteiger partial charge is 0.508 e. The predicted molar refractivity (Wildman–Crippen MR) is 84.5 cm³/mol. The van der Waals surface area contributed by atoms with Crippen LogP contribution >= 0.6 is 0 Å². The number of methoxy groups -OCH3 is 1. The Morgan fingerprint density at radius 1 is 1.26 bits per heavy atom. The second-order valence-corrected chi connectivity index (χ2v) is 5.69. The standard InChI is InChI=1S/C18H18O5/c1-10-7-14(20)15-16(21)12(9-23-18(15)17(10)22-2)8-11-3-5-13(19)6-4-11/h3-7,12,19-20H,8-9H2,1-2H3/t12-/m1/s1. The van der Waals surface area contributed by atoms with E-state index in [1.54, 1.807) is 31.2 Å². The lowest BCUT2D eigenvalue weighted by Crippen LogP contribution is -2.30. The minimum Gasteiger partial charge on any atom is -0.508 e. The molecule has 1 aliphatic rings. The molecule has 0 fully saturated rings. The Kier molecular flexibility index (Phi) is 3.86. The molecule has 0 saturated carbocycles. The third-order valence-corrected chi connectivity index (χ3v) is 4.07. The van der Waals surface area contributed by atoms with Gasteiger partial charge in [-0.1, -0.05) is 12.1 Å². The Morgan fingerprint density at radius 2 is 1.96 bits per heavy atom. The number of hydrogen-bond acceptors (Lipinski definition) is 5. The lowest BCUT2D eigenvalue weighted by molar-refractivity contribution is 0.0821. The van der Waals surface area contributed by atoms with Gasteiger partial charge < -0.3 is 19.7 Å². The Bertz CT molecular complexity index is 749. The number of Topliss-reactive ketones (excluding diaryl/α,β-unsaturated/α-hetero) is 1. The van der Waals surface area contributed by atoms with Crippen molar-refractivity contribution < 1.29 is 24.5 Å². The molecule has 5 heteroatoms. The molecule has 0 spiro atoms. The number of ether oxygens (including phenoxy) is 2. The number of carbonyl (C=O) groups excluding carboxylic acids is 1. The van der Waals surface area contributed by atoms with Crippen molar-refractivity contribution in [3.63, 3.8) is 0 Å². The quantitative estimate of drug-likeness (QED) is 0.911. The number of phenols is 2. The van der Waals surface area contributed by atoms with E-state index in [2.05, 4.69) is 0 Å². The van der Waals surface area contributed by atoms with Crippen molar-refractivity contribution in [1.29, 1.82) is 0 Å². The Morgan fingerprint density at radius 3 is 2.61 bits per heavy atom. The first kappa shape index (κ1) is 15.2. The van der Waals surface area contributed by atoms with Crippen molar-refractivity contribution >= 4 is 5.78 Å². The third kappa shape index (κ3) is 2.70. The van der Waals surface area contributed by atoms with Crippen LogP contribution < -0.4 is 9.47 Å². The van der Waals surface area contributed by atoms with Gasteiger partial charge in [-0.3, -0.25) is 4.79 Å². The van der Waals surface area contributed by atoms with Crippen LogP contribution in [0.1, 0.15) is 21.5 Å². The zero-order valence-corrected chi connectivity index (χ0v) is 13.0. The molecule has 0 aromatic heterocycles. The van der Waals surface area contributed by atoms with E-state index in [0.29, 0.717) is 23.5 Å². The number of aromatic hydroxyl groups is 2. The summed E-state index contributed by atoms with van der Waals surface area (Å²) in [4.78, 5) is 12.7. The van der Waals surface area contributed by atoms with Crippen molar-refractivity contribution in [2.75, 3.05) is 13.7 Å². The molecule has 5 nitrogen and oxygen atoms in total. The lowest BCUT2D eigenvalue weighted by Gasteiger charge is -2.27. The van der Waals surface area contributed by atoms with E-state index in [1.807, 2.05) is 0 Å². The van der Waals surface area contributed by atoms with Gasteiger partial charge >= 0.3 is 0 Å². The average Bonchev–Trinajstić information content (AvgIpc) is 2.52. The van der Waals surface area contributed by atoms with Gasteiger partial charge in [0.15, 0.2) is 17.3 Å². The SMILES string of the molecule is COc1c(C)cc(O)c2c1OC[C@@H](Cc1ccc(O)cc1)C2=O. The molecule has 0 aliphatic carbocycles. The van der Waals surface area contributed by atoms with Crippen molar-refractivity contribution in [1.82, 2.24) is 0 Å². The van der Waals surface area contributed by atoms with Crippen LogP contribution in [-0.4, -0.2) is 29.7 Å². The van der Waals surface area contributed by atoms with E-state index >= 15 is 0 Å². The number of fused-ring (bicyclic) bond motifs is 1. The molecule has 2 aromatic carbocycles. The average molecular weight is 314 g/mol. The molecular weight excluding hydrogens is 296 g/mol. The van der Waals surface area contributed by atoms with Gasteiger partial charge in [0, 0.05) is 0 Å². The molecule has 23 heavy (non-hydrogen) atoms. The van der Waals surface area contributed by atoms with Crippen LogP contribution in [0.5, 0.6) is 23.0 Å². The molecule has 1 aliphatic heterocycles. The maximum Gasteiger partial charge on any atom is 0.177 e. The first-order valence-corrected chi connectivity index (χ1v) is 7.36. The minimum atomic E-state index is -0.384. The first-order valence-electron chi connectivity index (χ1n) is 7.36. The fourth-order valence-corrected chi connectivity index (χ4v) is 2.91. The Balaban J connectivity index is 1.93. The Hall–Kier alpha value is -2.69. The zero-order chi connectivity index (χ0) is 16.6. The number of aryl methyl sites for hydroxylation is 1. The first-order chi connectivity index (χ1) is 11.0. The molecule has 2 aromatic rings. The van der Waals surface area contributed by atoms with Gasteiger partial charge in [0.1, 0.15) is 17.1 Å². The molecule has 3 rings (SSSR count). The van der Waals surface area contributed by atoms with Crippen LogP contribution in [0, 0.1) is 12.8 Å². The van der Waals surface area contributed by atoms with Crippen LogP contribution in [0.2, 0.25) is 0 Å². The monoisotopic (exact) mass is 314 g/mol. The number of benzene rings is 2. The molecule has 1 atom stereocenters. The molecule has 0 radical (unpaired) electrons. The van der Waals surface area contributed by atoms with E-state index in [0.717, 1.165) is 5.56 Å². The smallest absolute Gasteiger partial charge is 0.177 e. The number of phenolic OH excluding ortho intramolecular Hbond substituents is 2. The number of ketones is 1. The maximum absolute atomic E-state index is 12.7. The van der Waals surface area contributed by atoms with E-state index in [1.165, 1.54) is 13.2 Å². The maximum atomic E-state index is 12.7. The van der Waals surface area contributed by atoms with Crippen molar-refractivity contribution in [2.24, 2.45) is 5.92 Å². The molecule has 0 unspecified atom stereocenters. The summed E-state index contributed by atoms with van der Waals surface area (Å²) in [6, 6.07) is 8.23. The summed E-state index contributed by atoms with van der Waals surface area (Å²) in [5.41, 5.74) is 1.82. The van der Waals surface area contributed by atoms with Crippen molar-refractivity contribution in [2.45, 2.75) is 13.3 Å². The summed E-state index contributed by atoms with van der Waals surface area (Å²) in [5, 5.41) is 19.5. The van der Waals surface area contributed by atoms with Gasteiger partial charge in [-0.05, 0) is 42.7 Å². The zero-order valence-electron chi connectivity index (χ0n) is 13.0. The molecule has 1 heterocycles. The summed E-state index contributed by atoms with van der Waals surface area (Å²) >= 11 is 0. The fraction of sp³-hybridized carbons (Fsp3) is 0.278. The van der Waals surface area contributed by atoms with Crippen LogP contribution in [0.3, 0.4) is 0 Å². The highest BCUT2D eigenvalue weighted by Crippen LogP contribution is 2.44. The number of rotatable bonds is 3. The summed E-state index contributed by atoms with van der Waals surface area (Å²) in [5.74, 6) is 0.355. The second kappa shape index (κ2) is 5.83. The second-order valence-electron chi connectivity index (χ2n) is 5.69. The summed E-state index contributed by atoms with van der Waals surface area (Å²) in [6.45, 7) is 2.02. The summed E-state index contributed by atoms with van der Waals surface area (Å²) < 4.78 is 11.0. The van der Waals surface area contributed by atoms with Gasteiger partial charge in [0.25, 0.3) is 0 Å². The molecular formula is C18H18O5. The van der Waals surface area contributed by atoms with E-state index in [9.17, 15) is 15.0 Å². The minimum absolute atomic E-state index is 0.0845. The molecule has 2 N–H and O–H groups in total. The highest BCUT2D eigenvalue weighted by molar-refractivity contribution is 6.04. The van der Waals surface area contributed by atoms with E-state index < -0.39 is 0 Å². The predicted octanol–water partition coefficient (Wildman–Crippen LogP) is 2.85. The molecule has 120 valence electrons. The highest BCUT2D eigenvalue weighted by Gasteiger charge is 2.34. The molecule has 0 bridgehead atoms. The molecule has 0 saturated heterocycles. The fourth-order valence-electron chi connectivity index (χ4n) is 2.91. The van der Waals surface area contributed by atoms with E-state index in [4.69, 9.17) is 9.47 Å². The Labute approximate surface area is 134 Å². The van der Waals surface area contributed by atoms with Gasteiger partial charge in [0.05, 0.1) is 19.6 Å². The van der Waals surface area contributed by atoms with E-state index in [-0.39, 0.29) is 35.4 Å². The van der Waals surface area contributed by atoms with Gasteiger partial charge in [0.2, 0.25) is 0 Å². The van der Waals surface area contributed by atoms with Crippen molar-refractivity contribution in [3.8, 4) is 23.0 Å². The summed E-state index contributed by atoms with van der Waals surface area (Å²) in [6.07, 6.45) is 0.480. The summed E-state index contributed by atoms with van der Waals surface area (Å²) in [7, 11) is 1.51. The van der Waals surface area contributed by atoms with Crippen LogP contribution in [0.25, 0.3) is 0 Å². The highest BCUT2D eigenvalue weighted by atomic mass is 16.5. The topological polar surface area (TPSA) is 76.0 Å². The third-order valence-electron chi connectivity index (χ3n) is 4.07. The molecule has 0 amide bonds. The van der Waals surface area contributed by atoms with Crippen molar-refractivity contribution in [3.05, 3.63) is 47.0 Å². The lowest BCUT2D eigenvalue weighted by atomic mass is 9.88.